The number of nitrogens with one attached hydrogen (secondary N) is 1. The molecule has 1 N–H and O–H groups in total. The van der Waals surface area contributed by atoms with Gasteiger partial charge in [-0.05, 0) is 17.7 Å². The molecule has 3 heterocycles. The largest absolute Gasteiger partial charge is 0.365 e. The predicted molar refractivity (Wildman–Crippen MR) is 80.1 cm³/mol. The molecule has 1 aliphatic rings. The lowest BCUT2D eigenvalue weighted by Gasteiger charge is -2.32. The van der Waals surface area contributed by atoms with Gasteiger partial charge in [0.25, 0.3) is 5.91 Å². The zero-order valence-electron chi connectivity index (χ0n) is 12.1. The van der Waals surface area contributed by atoms with Crippen molar-refractivity contribution in [3.05, 3.63) is 48.5 Å². The van der Waals surface area contributed by atoms with Crippen LogP contribution >= 0.6 is 0 Å². The minimum Gasteiger partial charge on any atom is -0.365 e. The number of hydrogen-bond donors (Lipinski definition) is 1. The van der Waals surface area contributed by atoms with E-state index in [1.165, 1.54) is 0 Å². The lowest BCUT2D eigenvalue weighted by molar-refractivity contribution is -0.133. The van der Waals surface area contributed by atoms with Crippen LogP contribution in [0.4, 0.5) is 5.95 Å². The van der Waals surface area contributed by atoms with E-state index in [1.54, 1.807) is 30.9 Å². The first-order chi connectivity index (χ1) is 10.8. The van der Waals surface area contributed by atoms with E-state index in [4.69, 9.17) is 4.74 Å². The summed E-state index contributed by atoms with van der Waals surface area (Å²) in [5.74, 6) is 0.486. The second-order valence-corrected chi connectivity index (χ2v) is 4.93. The summed E-state index contributed by atoms with van der Waals surface area (Å²) in [5.41, 5.74) is 0.954. The van der Waals surface area contributed by atoms with Crippen LogP contribution < -0.4 is 10.2 Å². The number of carbonyl (C=O) groups is 1. The van der Waals surface area contributed by atoms with Gasteiger partial charge in [-0.3, -0.25) is 9.78 Å². The summed E-state index contributed by atoms with van der Waals surface area (Å²) < 4.78 is 5.56. The highest BCUT2D eigenvalue weighted by molar-refractivity contribution is 5.81. The molecule has 0 bridgehead atoms. The first-order valence-electron chi connectivity index (χ1n) is 7.13. The van der Waals surface area contributed by atoms with E-state index < -0.39 is 6.10 Å². The Kier molecular flexibility index (Phi) is 4.55. The van der Waals surface area contributed by atoms with Gasteiger partial charge in [-0.1, -0.05) is 6.07 Å². The van der Waals surface area contributed by atoms with Crippen molar-refractivity contribution >= 4 is 11.9 Å². The number of nitrogens with zero attached hydrogens (tertiary/aromatic N) is 4. The number of aromatic nitrogens is 3. The molecule has 0 spiro atoms. The number of carbonyl (C=O) groups excluding carboxylic acids is 1. The van der Waals surface area contributed by atoms with Crippen molar-refractivity contribution in [2.24, 2.45) is 0 Å². The number of ether oxygens (including phenoxy) is 1. The highest BCUT2D eigenvalue weighted by atomic mass is 16.5. The van der Waals surface area contributed by atoms with Crippen LogP contribution in [-0.4, -0.2) is 46.7 Å². The van der Waals surface area contributed by atoms with Crippen molar-refractivity contribution in [2.75, 3.05) is 24.6 Å². The molecule has 1 aliphatic heterocycles. The highest BCUT2D eigenvalue weighted by Crippen LogP contribution is 2.12. The van der Waals surface area contributed by atoms with Gasteiger partial charge in [-0.25, -0.2) is 9.97 Å². The lowest BCUT2D eigenvalue weighted by Crippen LogP contribution is -2.50. The Hall–Kier alpha value is -2.54. The van der Waals surface area contributed by atoms with Crippen molar-refractivity contribution in [2.45, 2.75) is 12.6 Å². The number of morpholine rings is 1. The summed E-state index contributed by atoms with van der Waals surface area (Å²) in [7, 11) is 0. The average Bonchev–Trinajstić information content (AvgIpc) is 2.61. The molecule has 7 heteroatoms. The van der Waals surface area contributed by atoms with Crippen molar-refractivity contribution < 1.29 is 9.53 Å². The van der Waals surface area contributed by atoms with Gasteiger partial charge in [-0.15, -0.1) is 0 Å². The predicted octanol–water partition coefficient (Wildman–Crippen LogP) is 0.393. The Morgan fingerprint density at radius 2 is 2.18 bits per heavy atom. The Labute approximate surface area is 128 Å². The van der Waals surface area contributed by atoms with Crippen LogP contribution in [0.1, 0.15) is 5.56 Å². The van der Waals surface area contributed by atoms with E-state index in [1.807, 2.05) is 17.0 Å². The third-order valence-corrected chi connectivity index (χ3v) is 3.38. The molecule has 22 heavy (non-hydrogen) atoms. The quantitative estimate of drug-likeness (QED) is 0.880. The molecular weight excluding hydrogens is 282 g/mol. The lowest BCUT2D eigenvalue weighted by atomic mass is 10.2. The number of amides is 1. The molecule has 1 atom stereocenters. The number of pyridine rings is 1. The molecule has 2 aromatic rings. The Morgan fingerprint density at radius 1 is 1.32 bits per heavy atom. The average molecular weight is 299 g/mol. The van der Waals surface area contributed by atoms with Crippen LogP contribution in [0.15, 0.2) is 43.0 Å². The molecule has 114 valence electrons. The van der Waals surface area contributed by atoms with E-state index >= 15 is 0 Å². The first kappa shape index (κ1) is 14.4. The summed E-state index contributed by atoms with van der Waals surface area (Å²) in [5, 5.41) is 2.87. The molecular formula is C15H17N5O2. The van der Waals surface area contributed by atoms with E-state index in [9.17, 15) is 4.79 Å². The van der Waals surface area contributed by atoms with Gasteiger partial charge in [0.2, 0.25) is 5.95 Å². The smallest absolute Gasteiger partial charge is 0.251 e. The second-order valence-electron chi connectivity index (χ2n) is 4.93. The molecule has 0 unspecified atom stereocenters. The van der Waals surface area contributed by atoms with Gasteiger partial charge >= 0.3 is 0 Å². The minimum absolute atomic E-state index is 0.135. The molecule has 0 aliphatic carbocycles. The van der Waals surface area contributed by atoms with E-state index in [2.05, 4.69) is 20.3 Å². The number of rotatable bonds is 4. The van der Waals surface area contributed by atoms with E-state index in [0.29, 0.717) is 32.2 Å². The molecule has 1 amide bonds. The fourth-order valence-electron chi connectivity index (χ4n) is 2.25. The monoisotopic (exact) mass is 299 g/mol. The highest BCUT2D eigenvalue weighted by Gasteiger charge is 2.27. The third-order valence-electron chi connectivity index (χ3n) is 3.38. The topological polar surface area (TPSA) is 80.2 Å². The van der Waals surface area contributed by atoms with Crippen LogP contribution in [0.3, 0.4) is 0 Å². The fraction of sp³-hybridized carbons (Fsp3) is 0.333. The first-order valence-corrected chi connectivity index (χ1v) is 7.13. The molecule has 7 nitrogen and oxygen atoms in total. The summed E-state index contributed by atoms with van der Waals surface area (Å²) in [6.07, 6.45) is 6.29. The van der Waals surface area contributed by atoms with E-state index in [-0.39, 0.29) is 5.91 Å². The van der Waals surface area contributed by atoms with Gasteiger partial charge in [0.1, 0.15) is 0 Å². The van der Waals surface area contributed by atoms with Crippen molar-refractivity contribution in [3.63, 3.8) is 0 Å². The van der Waals surface area contributed by atoms with Crippen molar-refractivity contribution in [3.8, 4) is 0 Å². The molecule has 1 fully saturated rings. The van der Waals surface area contributed by atoms with Gasteiger partial charge in [0.05, 0.1) is 13.2 Å². The van der Waals surface area contributed by atoms with Crippen LogP contribution in [0.2, 0.25) is 0 Å². The van der Waals surface area contributed by atoms with Crippen LogP contribution in [0.25, 0.3) is 0 Å². The van der Waals surface area contributed by atoms with Crippen LogP contribution in [0, 0.1) is 0 Å². The normalized spacial score (nSPS) is 18.0. The van der Waals surface area contributed by atoms with Gasteiger partial charge in [0, 0.05) is 37.9 Å². The minimum atomic E-state index is -0.519. The van der Waals surface area contributed by atoms with E-state index in [0.717, 1.165) is 5.56 Å². The molecule has 0 radical (unpaired) electrons. The Balaban J connectivity index is 1.56. The van der Waals surface area contributed by atoms with Crippen LogP contribution in [-0.2, 0) is 16.1 Å². The summed E-state index contributed by atoms with van der Waals surface area (Å²) >= 11 is 0. The summed E-state index contributed by atoms with van der Waals surface area (Å²) in [6.45, 7) is 2.04. The van der Waals surface area contributed by atoms with Gasteiger partial charge in [-0.2, -0.15) is 0 Å². The molecule has 2 aromatic heterocycles. The standard InChI is InChI=1S/C15H17N5O2/c21-14(19-10-12-3-1-4-16-9-12)13-11-20(7-8-22-13)15-17-5-2-6-18-15/h1-6,9,13H,7-8,10-11H2,(H,19,21)/t13-/m0/s1. The third kappa shape index (κ3) is 3.56. The maximum Gasteiger partial charge on any atom is 0.251 e. The zero-order valence-corrected chi connectivity index (χ0v) is 12.1. The van der Waals surface area contributed by atoms with Crippen molar-refractivity contribution in [1.29, 1.82) is 0 Å². The Morgan fingerprint density at radius 3 is 2.95 bits per heavy atom. The Bertz CT molecular complexity index is 608. The second kappa shape index (κ2) is 6.95. The van der Waals surface area contributed by atoms with Crippen LogP contribution in [0.5, 0.6) is 0 Å². The molecule has 3 rings (SSSR count). The number of hydrogen-bond acceptors (Lipinski definition) is 6. The van der Waals surface area contributed by atoms with Gasteiger partial charge in [0.15, 0.2) is 6.10 Å². The zero-order chi connectivity index (χ0) is 15.2. The summed E-state index contributed by atoms with van der Waals surface area (Å²) in [6, 6.07) is 5.52. The van der Waals surface area contributed by atoms with Crippen molar-refractivity contribution in [1.82, 2.24) is 20.3 Å². The maximum atomic E-state index is 12.2. The molecule has 0 saturated carbocycles. The molecule has 1 saturated heterocycles. The molecule has 0 aromatic carbocycles. The number of anilines is 1. The SMILES string of the molecule is O=C(NCc1cccnc1)[C@@H]1CN(c2ncccn2)CCO1. The van der Waals surface area contributed by atoms with Gasteiger partial charge < -0.3 is 15.0 Å². The fourth-order valence-corrected chi connectivity index (χ4v) is 2.25. The summed E-state index contributed by atoms with van der Waals surface area (Å²) in [4.78, 5) is 26.6. The maximum absolute atomic E-state index is 12.2.